The second kappa shape index (κ2) is 8.62. The van der Waals surface area contributed by atoms with Crippen LogP contribution >= 0.6 is 0 Å². The van der Waals surface area contributed by atoms with Crippen LogP contribution in [0.2, 0.25) is 0 Å². The van der Waals surface area contributed by atoms with Gasteiger partial charge in [0, 0.05) is 25.6 Å². The van der Waals surface area contributed by atoms with Crippen LogP contribution in [0.25, 0.3) is 0 Å². The van der Waals surface area contributed by atoms with E-state index in [0.29, 0.717) is 43.3 Å². The van der Waals surface area contributed by atoms with Gasteiger partial charge in [-0.1, -0.05) is 32.0 Å². The average molecular weight is 353 g/mol. The largest absolute Gasteiger partial charge is 0.356 e. The van der Waals surface area contributed by atoms with Crippen LogP contribution in [0.1, 0.15) is 39.5 Å². The highest BCUT2D eigenvalue weighted by Crippen LogP contribution is 2.23. The predicted molar refractivity (Wildman–Crippen MR) is 95.0 cm³/mol. The first-order valence-corrected chi connectivity index (χ1v) is 10.2. The fourth-order valence-corrected chi connectivity index (χ4v) is 4.46. The minimum absolute atomic E-state index is 0.0653. The van der Waals surface area contributed by atoms with Crippen LogP contribution in [0.5, 0.6) is 0 Å². The number of hydrogen-bond donors (Lipinski definition) is 1. The summed E-state index contributed by atoms with van der Waals surface area (Å²) < 4.78 is 26.6. The second-order valence-electron chi connectivity index (χ2n) is 6.82. The first-order chi connectivity index (χ1) is 11.4. The zero-order valence-electron chi connectivity index (χ0n) is 14.6. The highest BCUT2D eigenvalue weighted by atomic mass is 32.2. The summed E-state index contributed by atoms with van der Waals surface area (Å²) in [6.07, 6.45) is 3.27. The SMILES string of the molecule is CC(C)CCCNC(=O)C1CCN(S(=O)(=O)c2ccccc2)CC1. The van der Waals surface area contributed by atoms with Gasteiger partial charge in [-0.15, -0.1) is 0 Å². The summed E-state index contributed by atoms with van der Waals surface area (Å²) in [4.78, 5) is 12.5. The number of amides is 1. The summed E-state index contributed by atoms with van der Waals surface area (Å²) in [5.41, 5.74) is 0. The summed E-state index contributed by atoms with van der Waals surface area (Å²) in [5.74, 6) is 0.634. The van der Waals surface area contributed by atoms with E-state index in [2.05, 4.69) is 19.2 Å². The van der Waals surface area contributed by atoms with E-state index in [-0.39, 0.29) is 11.8 Å². The Labute approximate surface area is 145 Å². The quantitative estimate of drug-likeness (QED) is 0.767. The van der Waals surface area contributed by atoms with E-state index in [1.807, 2.05) is 0 Å². The van der Waals surface area contributed by atoms with E-state index in [0.717, 1.165) is 12.8 Å². The molecule has 6 heteroatoms. The molecule has 0 saturated carbocycles. The van der Waals surface area contributed by atoms with Crippen LogP contribution in [-0.4, -0.2) is 38.3 Å². The van der Waals surface area contributed by atoms with E-state index in [9.17, 15) is 13.2 Å². The van der Waals surface area contributed by atoms with Gasteiger partial charge in [0.15, 0.2) is 0 Å². The molecule has 1 aromatic rings. The number of benzene rings is 1. The van der Waals surface area contributed by atoms with Crippen LogP contribution in [0.4, 0.5) is 0 Å². The van der Waals surface area contributed by atoms with Gasteiger partial charge in [0.1, 0.15) is 0 Å². The highest BCUT2D eigenvalue weighted by molar-refractivity contribution is 7.89. The van der Waals surface area contributed by atoms with Crippen molar-refractivity contribution in [3.63, 3.8) is 0 Å². The smallest absolute Gasteiger partial charge is 0.243 e. The van der Waals surface area contributed by atoms with Crippen molar-refractivity contribution in [2.45, 2.75) is 44.4 Å². The van der Waals surface area contributed by atoms with Crippen molar-refractivity contribution in [1.82, 2.24) is 9.62 Å². The minimum Gasteiger partial charge on any atom is -0.356 e. The van der Waals surface area contributed by atoms with E-state index in [1.54, 1.807) is 30.3 Å². The molecule has 1 aliphatic rings. The summed E-state index contributed by atoms with van der Waals surface area (Å²) >= 11 is 0. The average Bonchev–Trinajstić information content (AvgIpc) is 2.59. The third kappa shape index (κ3) is 5.05. The third-order valence-electron chi connectivity index (χ3n) is 4.46. The Morgan fingerprint density at radius 1 is 1.21 bits per heavy atom. The van der Waals surface area contributed by atoms with Crippen LogP contribution in [-0.2, 0) is 14.8 Å². The molecule has 0 atom stereocenters. The predicted octanol–water partition coefficient (Wildman–Crippen LogP) is 2.64. The first-order valence-electron chi connectivity index (χ1n) is 8.74. The summed E-state index contributed by atoms with van der Waals surface area (Å²) in [5, 5.41) is 2.99. The lowest BCUT2D eigenvalue weighted by molar-refractivity contribution is -0.126. The molecule has 0 aromatic heterocycles. The van der Waals surface area contributed by atoms with Gasteiger partial charge >= 0.3 is 0 Å². The van der Waals surface area contributed by atoms with Gasteiger partial charge in [0.2, 0.25) is 15.9 Å². The number of hydrogen-bond acceptors (Lipinski definition) is 3. The van der Waals surface area contributed by atoms with Gasteiger partial charge in [-0.3, -0.25) is 4.79 Å². The molecule has 1 amide bonds. The highest BCUT2D eigenvalue weighted by Gasteiger charge is 2.31. The number of sulfonamides is 1. The number of carbonyl (C=O) groups is 1. The van der Waals surface area contributed by atoms with Crippen molar-refractivity contribution < 1.29 is 13.2 Å². The summed E-state index contributed by atoms with van der Waals surface area (Å²) in [7, 11) is -3.44. The lowest BCUT2D eigenvalue weighted by atomic mass is 9.97. The maximum Gasteiger partial charge on any atom is 0.243 e. The molecule has 2 rings (SSSR count). The molecule has 1 heterocycles. The summed E-state index contributed by atoms with van der Waals surface area (Å²) in [6.45, 7) is 5.86. The van der Waals surface area contributed by atoms with Crippen molar-refractivity contribution in [3.05, 3.63) is 30.3 Å². The van der Waals surface area contributed by atoms with Gasteiger partial charge in [-0.05, 0) is 43.7 Å². The molecule has 1 saturated heterocycles. The Hall–Kier alpha value is -1.40. The Morgan fingerprint density at radius 3 is 2.42 bits per heavy atom. The van der Waals surface area contributed by atoms with E-state index < -0.39 is 10.0 Å². The number of nitrogens with one attached hydrogen (secondary N) is 1. The molecule has 0 spiro atoms. The van der Waals surface area contributed by atoms with Crippen molar-refractivity contribution in [2.75, 3.05) is 19.6 Å². The van der Waals surface area contributed by atoms with Crippen LogP contribution in [0, 0.1) is 11.8 Å². The minimum atomic E-state index is -3.44. The second-order valence-corrected chi connectivity index (χ2v) is 8.76. The molecule has 1 N–H and O–H groups in total. The van der Waals surface area contributed by atoms with Crippen molar-refractivity contribution in [3.8, 4) is 0 Å². The molecule has 0 radical (unpaired) electrons. The molecule has 134 valence electrons. The molecule has 1 aromatic carbocycles. The van der Waals surface area contributed by atoms with Crippen LogP contribution < -0.4 is 5.32 Å². The molecule has 24 heavy (non-hydrogen) atoms. The van der Waals surface area contributed by atoms with E-state index in [1.165, 1.54) is 4.31 Å². The fourth-order valence-electron chi connectivity index (χ4n) is 2.97. The number of piperidine rings is 1. The zero-order chi connectivity index (χ0) is 17.6. The Morgan fingerprint density at radius 2 is 1.83 bits per heavy atom. The van der Waals surface area contributed by atoms with Crippen molar-refractivity contribution in [2.24, 2.45) is 11.8 Å². The van der Waals surface area contributed by atoms with E-state index in [4.69, 9.17) is 0 Å². The number of rotatable bonds is 7. The molecular formula is C18H28N2O3S. The molecule has 1 aliphatic heterocycles. The first kappa shape index (κ1) is 18.9. The monoisotopic (exact) mass is 352 g/mol. The maximum atomic E-state index is 12.6. The van der Waals surface area contributed by atoms with Gasteiger partial charge in [-0.2, -0.15) is 4.31 Å². The Balaban J connectivity index is 1.82. The standard InChI is InChI=1S/C18H28N2O3S/c1-15(2)7-6-12-19-18(21)16-10-13-20(14-11-16)24(22,23)17-8-4-3-5-9-17/h3-5,8-9,15-16H,6-7,10-14H2,1-2H3,(H,19,21). The van der Waals surface area contributed by atoms with Gasteiger partial charge < -0.3 is 5.32 Å². The van der Waals surface area contributed by atoms with Crippen molar-refractivity contribution in [1.29, 1.82) is 0 Å². The maximum absolute atomic E-state index is 12.6. The topological polar surface area (TPSA) is 66.5 Å². The third-order valence-corrected chi connectivity index (χ3v) is 6.38. The van der Waals surface area contributed by atoms with Gasteiger partial charge in [0.25, 0.3) is 0 Å². The molecule has 5 nitrogen and oxygen atoms in total. The number of nitrogens with zero attached hydrogens (tertiary/aromatic N) is 1. The van der Waals surface area contributed by atoms with Gasteiger partial charge in [-0.25, -0.2) is 8.42 Å². The zero-order valence-corrected chi connectivity index (χ0v) is 15.4. The molecular weight excluding hydrogens is 324 g/mol. The van der Waals surface area contributed by atoms with Crippen LogP contribution in [0.15, 0.2) is 35.2 Å². The molecule has 0 unspecified atom stereocenters. The fraction of sp³-hybridized carbons (Fsp3) is 0.611. The summed E-state index contributed by atoms with van der Waals surface area (Å²) in [6, 6.07) is 8.48. The lowest BCUT2D eigenvalue weighted by Crippen LogP contribution is -2.43. The molecule has 0 aliphatic carbocycles. The molecule has 0 bridgehead atoms. The van der Waals surface area contributed by atoms with Crippen LogP contribution in [0.3, 0.4) is 0 Å². The Kier molecular flexibility index (Phi) is 6.80. The van der Waals surface area contributed by atoms with E-state index >= 15 is 0 Å². The lowest BCUT2D eigenvalue weighted by Gasteiger charge is -2.30. The molecule has 1 fully saturated rings. The number of carbonyl (C=O) groups excluding carboxylic acids is 1. The Bertz CT molecular complexity index is 621. The van der Waals surface area contributed by atoms with Crippen molar-refractivity contribution >= 4 is 15.9 Å². The van der Waals surface area contributed by atoms with Gasteiger partial charge in [0.05, 0.1) is 4.90 Å². The normalized spacial score (nSPS) is 17.1.